The first kappa shape index (κ1) is 16.1. The smallest absolute Gasteiger partial charge is 0.134 e. The molecule has 21 heavy (non-hydrogen) atoms. The molecule has 3 nitrogen and oxygen atoms in total. The largest absolute Gasteiger partial charge is 0.370 e. The quantitative estimate of drug-likeness (QED) is 0.773. The van der Waals surface area contributed by atoms with Crippen molar-refractivity contribution in [3.05, 3.63) is 40.7 Å². The summed E-state index contributed by atoms with van der Waals surface area (Å²) < 4.78 is 0. The second kappa shape index (κ2) is 7.14. The van der Waals surface area contributed by atoms with Crippen LogP contribution in [0, 0.1) is 6.92 Å². The Morgan fingerprint density at radius 3 is 2.67 bits per heavy atom. The summed E-state index contributed by atoms with van der Waals surface area (Å²) >= 11 is 7.68. The Morgan fingerprint density at radius 2 is 2.05 bits per heavy atom. The highest BCUT2D eigenvalue weighted by Crippen LogP contribution is 2.33. The summed E-state index contributed by atoms with van der Waals surface area (Å²) in [5.41, 5.74) is 1.08. The molecule has 0 bridgehead atoms. The number of benzene rings is 1. The van der Waals surface area contributed by atoms with Gasteiger partial charge in [0.05, 0.1) is 0 Å². The minimum Gasteiger partial charge on any atom is -0.370 e. The summed E-state index contributed by atoms with van der Waals surface area (Å²) in [6.45, 7) is 9.18. The molecule has 0 aliphatic carbocycles. The van der Waals surface area contributed by atoms with E-state index in [4.69, 9.17) is 16.6 Å². The molecule has 1 aromatic carbocycles. The fourth-order valence-corrected chi connectivity index (χ4v) is 3.05. The highest BCUT2D eigenvalue weighted by Gasteiger charge is 2.14. The van der Waals surface area contributed by atoms with Crippen LogP contribution >= 0.6 is 23.4 Å². The van der Waals surface area contributed by atoms with Gasteiger partial charge in [-0.2, -0.15) is 0 Å². The zero-order valence-corrected chi connectivity index (χ0v) is 14.3. The molecule has 0 atom stereocenters. The lowest BCUT2D eigenvalue weighted by molar-refractivity contribution is 0.748. The van der Waals surface area contributed by atoms with Crippen LogP contribution < -0.4 is 5.32 Å². The molecule has 0 unspecified atom stereocenters. The number of halogens is 1. The molecule has 0 fully saturated rings. The van der Waals surface area contributed by atoms with Crippen LogP contribution in [0.1, 0.15) is 38.1 Å². The number of nitrogens with one attached hydrogen (secondary N) is 1. The minimum atomic E-state index is 0.293. The van der Waals surface area contributed by atoms with Crippen molar-refractivity contribution < 1.29 is 0 Å². The summed E-state index contributed by atoms with van der Waals surface area (Å²) in [7, 11) is 0. The van der Waals surface area contributed by atoms with E-state index >= 15 is 0 Å². The maximum atomic E-state index is 6.06. The van der Waals surface area contributed by atoms with E-state index in [2.05, 4.69) is 38.0 Å². The number of anilines is 1. The third-order valence-corrected chi connectivity index (χ3v) is 4.31. The van der Waals surface area contributed by atoms with Crippen LogP contribution in [-0.4, -0.2) is 16.5 Å². The maximum Gasteiger partial charge on any atom is 0.134 e. The Bertz CT molecular complexity index is 629. The van der Waals surface area contributed by atoms with Crippen molar-refractivity contribution in [3.63, 3.8) is 0 Å². The first-order valence-corrected chi connectivity index (χ1v) is 8.26. The predicted molar refractivity (Wildman–Crippen MR) is 90.6 cm³/mol. The van der Waals surface area contributed by atoms with Crippen LogP contribution in [0.5, 0.6) is 0 Å². The fourth-order valence-electron chi connectivity index (χ4n) is 1.85. The molecule has 1 N–H and O–H groups in total. The third kappa shape index (κ3) is 4.11. The number of nitrogens with zero attached hydrogens (tertiary/aromatic N) is 2. The van der Waals surface area contributed by atoms with Crippen molar-refractivity contribution in [2.45, 2.75) is 43.5 Å². The van der Waals surface area contributed by atoms with Gasteiger partial charge in [-0.25, -0.2) is 9.97 Å². The van der Waals surface area contributed by atoms with Crippen molar-refractivity contribution in [1.82, 2.24) is 9.97 Å². The van der Waals surface area contributed by atoms with Crippen molar-refractivity contribution in [3.8, 4) is 0 Å². The monoisotopic (exact) mass is 321 g/mol. The molecule has 0 aliphatic rings. The zero-order valence-electron chi connectivity index (χ0n) is 12.8. The maximum absolute atomic E-state index is 6.06. The van der Waals surface area contributed by atoms with E-state index in [1.54, 1.807) is 11.8 Å². The van der Waals surface area contributed by atoms with Gasteiger partial charge in [-0.3, -0.25) is 0 Å². The molecule has 0 amide bonds. The zero-order chi connectivity index (χ0) is 15.4. The fraction of sp³-hybridized carbons (Fsp3) is 0.375. The molecule has 0 radical (unpaired) electrons. The Kier molecular flexibility index (Phi) is 5.48. The van der Waals surface area contributed by atoms with E-state index in [1.165, 1.54) is 0 Å². The average molecular weight is 322 g/mol. The third-order valence-electron chi connectivity index (χ3n) is 2.99. The highest BCUT2D eigenvalue weighted by atomic mass is 35.5. The van der Waals surface area contributed by atoms with E-state index in [9.17, 15) is 0 Å². The van der Waals surface area contributed by atoms with E-state index in [1.807, 2.05) is 24.3 Å². The molecule has 0 saturated carbocycles. The van der Waals surface area contributed by atoms with Crippen molar-refractivity contribution >= 4 is 29.2 Å². The van der Waals surface area contributed by atoms with Crippen LogP contribution in [0.2, 0.25) is 5.02 Å². The van der Waals surface area contributed by atoms with Gasteiger partial charge < -0.3 is 5.32 Å². The van der Waals surface area contributed by atoms with Crippen molar-refractivity contribution in [1.29, 1.82) is 0 Å². The molecule has 2 rings (SSSR count). The van der Waals surface area contributed by atoms with E-state index in [-0.39, 0.29) is 0 Å². The molecule has 1 aromatic heterocycles. The van der Waals surface area contributed by atoms with Crippen LogP contribution in [0.25, 0.3) is 0 Å². The lowest BCUT2D eigenvalue weighted by Gasteiger charge is -2.14. The lowest BCUT2D eigenvalue weighted by Crippen LogP contribution is -2.08. The highest BCUT2D eigenvalue weighted by molar-refractivity contribution is 7.99. The standard InChI is InChI=1S/C16H20ClN3S/c1-5-18-15-11(4)16(20-14(19-15)10(2)3)21-13-8-6-7-12(17)9-13/h6-10H,5H2,1-4H3,(H,18,19,20). The summed E-state index contributed by atoms with van der Waals surface area (Å²) in [6.07, 6.45) is 0. The molecular weight excluding hydrogens is 302 g/mol. The Hall–Kier alpha value is -1.26. The van der Waals surface area contributed by atoms with Crippen LogP contribution in [0.15, 0.2) is 34.2 Å². The van der Waals surface area contributed by atoms with Crippen molar-refractivity contribution in [2.75, 3.05) is 11.9 Å². The van der Waals surface area contributed by atoms with Gasteiger partial charge in [0.2, 0.25) is 0 Å². The molecule has 0 spiro atoms. The molecule has 5 heteroatoms. The normalized spacial score (nSPS) is 11.0. The van der Waals surface area contributed by atoms with Gasteiger partial charge in [-0.15, -0.1) is 0 Å². The molecule has 0 aliphatic heterocycles. The lowest BCUT2D eigenvalue weighted by atomic mass is 10.2. The second-order valence-corrected chi connectivity index (χ2v) is 6.60. The number of hydrogen-bond donors (Lipinski definition) is 1. The topological polar surface area (TPSA) is 37.8 Å². The summed E-state index contributed by atoms with van der Waals surface area (Å²) in [6, 6.07) is 7.83. The first-order chi connectivity index (χ1) is 10.0. The summed E-state index contributed by atoms with van der Waals surface area (Å²) in [5, 5.41) is 5.04. The van der Waals surface area contributed by atoms with Gasteiger partial charge in [0.1, 0.15) is 16.7 Å². The Balaban J connectivity index is 2.41. The summed E-state index contributed by atoms with van der Waals surface area (Å²) in [4.78, 5) is 10.4. The minimum absolute atomic E-state index is 0.293. The van der Waals surface area contributed by atoms with E-state index < -0.39 is 0 Å². The second-order valence-electron chi connectivity index (χ2n) is 5.11. The first-order valence-electron chi connectivity index (χ1n) is 7.07. The molecule has 0 saturated heterocycles. The van der Waals surface area contributed by atoms with Gasteiger partial charge in [-0.05, 0) is 32.0 Å². The SMILES string of the molecule is CCNc1nc(C(C)C)nc(Sc2cccc(Cl)c2)c1C. The average Bonchev–Trinajstić information content (AvgIpc) is 2.43. The van der Waals surface area contributed by atoms with Gasteiger partial charge >= 0.3 is 0 Å². The number of hydrogen-bond acceptors (Lipinski definition) is 4. The predicted octanol–water partition coefficient (Wildman–Crippen LogP) is 5.14. The van der Waals surface area contributed by atoms with E-state index in [0.29, 0.717) is 5.92 Å². The number of rotatable bonds is 5. The van der Waals surface area contributed by atoms with Crippen LogP contribution in [0.3, 0.4) is 0 Å². The van der Waals surface area contributed by atoms with Crippen LogP contribution in [0.4, 0.5) is 5.82 Å². The van der Waals surface area contributed by atoms with Gasteiger partial charge in [-0.1, -0.05) is 43.3 Å². The Morgan fingerprint density at radius 1 is 1.29 bits per heavy atom. The summed E-state index contributed by atoms with van der Waals surface area (Å²) in [5.74, 6) is 2.07. The van der Waals surface area contributed by atoms with Gasteiger partial charge in [0.25, 0.3) is 0 Å². The molecule has 2 aromatic rings. The molecule has 1 heterocycles. The molecular formula is C16H20ClN3S. The van der Waals surface area contributed by atoms with Crippen LogP contribution in [-0.2, 0) is 0 Å². The van der Waals surface area contributed by atoms with Gasteiger partial charge in [0, 0.05) is 27.9 Å². The van der Waals surface area contributed by atoms with E-state index in [0.717, 1.165) is 38.7 Å². The molecule has 112 valence electrons. The number of aromatic nitrogens is 2. The Labute approximate surface area is 135 Å². The van der Waals surface area contributed by atoms with Crippen molar-refractivity contribution in [2.24, 2.45) is 0 Å². The van der Waals surface area contributed by atoms with Gasteiger partial charge in [0.15, 0.2) is 0 Å².